The molecule has 1 heterocycles. The molecule has 0 spiro atoms. The molecule has 0 radical (unpaired) electrons. The van der Waals surface area contributed by atoms with E-state index in [4.69, 9.17) is 4.74 Å². The maximum atomic E-state index is 11.2. The molecule has 0 aromatic rings. The molecule has 78 valence electrons. The van der Waals surface area contributed by atoms with Crippen LogP contribution in [-0.4, -0.2) is 55.6 Å². The first-order valence-corrected chi connectivity index (χ1v) is 4.43. The van der Waals surface area contributed by atoms with Crippen molar-refractivity contribution in [1.82, 2.24) is 4.90 Å². The van der Waals surface area contributed by atoms with E-state index in [1.54, 1.807) is 0 Å². The minimum atomic E-state index is -0.254. The Morgan fingerprint density at radius 2 is 2.31 bits per heavy atom. The van der Waals surface area contributed by atoms with Crippen LogP contribution in [0.5, 0.6) is 0 Å². The second-order valence-corrected chi connectivity index (χ2v) is 3.37. The molecule has 2 unspecified atom stereocenters. The van der Waals surface area contributed by atoms with Crippen LogP contribution in [0, 0.1) is 0 Å². The Bertz CT molecular complexity index is 147. The van der Waals surface area contributed by atoms with Gasteiger partial charge < -0.3 is 9.84 Å². The van der Waals surface area contributed by atoms with E-state index in [2.05, 4.69) is 4.94 Å². The Kier molecular flexibility index (Phi) is 4.58. The van der Waals surface area contributed by atoms with Crippen LogP contribution < -0.4 is 0 Å². The van der Waals surface area contributed by atoms with Crippen molar-refractivity contribution in [3.05, 3.63) is 0 Å². The highest BCUT2D eigenvalue weighted by Gasteiger charge is 2.27. The van der Waals surface area contributed by atoms with Gasteiger partial charge >= 0.3 is 0 Å². The first-order valence-electron chi connectivity index (χ1n) is 4.43. The molecule has 0 saturated carbocycles. The minimum Gasteiger partial charge on any atom is -0.392 e. The molecule has 1 rings (SSSR count). The Morgan fingerprint density at radius 3 is 2.85 bits per heavy atom. The van der Waals surface area contributed by atoms with Crippen LogP contribution in [0.2, 0.25) is 0 Å². The number of β-amino-alcohol motifs (C(OH)–C–C–N with tert-alkyl or cyclic N) is 1. The quantitative estimate of drug-likeness (QED) is 0.622. The molecule has 1 N–H and O–H groups in total. The largest absolute Gasteiger partial charge is 0.392 e. The van der Waals surface area contributed by atoms with Gasteiger partial charge in [0.25, 0.3) is 0 Å². The van der Waals surface area contributed by atoms with Gasteiger partial charge in [0.2, 0.25) is 0 Å². The maximum Gasteiger partial charge on any atom is 0.111 e. The van der Waals surface area contributed by atoms with Gasteiger partial charge in [-0.1, -0.05) is 0 Å². The number of ether oxygens (including phenoxy) is 1. The topological polar surface area (TPSA) is 41.9 Å². The number of aliphatic hydroxyl groups excluding tert-OH is 1. The van der Waals surface area contributed by atoms with Gasteiger partial charge in [-0.3, -0.25) is 4.90 Å². The van der Waals surface area contributed by atoms with Gasteiger partial charge in [-0.15, -0.1) is 0 Å². The van der Waals surface area contributed by atoms with E-state index < -0.39 is 0 Å². The van der Waals surface area contributed by atoms with Crippen LogP contribution in [0.1, 0.15) is 6.42 Å². The van der Waals surface area contributed by atoms with Crippen LogP contribution in [0.15, 0.2) is 0 Å². The van der Waals surface area contributed by atoms with Gasteiger partial charge in [-0.2, -0.15) is 4.94 Å². The summed E-state index contributed by atoms with van der Waals surface area (Å²) in [5, 5.41) is 9.29. The molecule has 1 aliphatic heterocycles. The summed E-state index contributed by atoms with van der Waals surface area (Å²) < 4.78 is 16.4. The van der Waals surface area contributed by atoms with E-state index in [1.807, 2.05) is 11.9 Å². The molecular formula is C8H16FNO3. The van der Waals surface area contributed by atoms with Crippen molar-refractivity contribution < 1.29 is 19.3 Å². The van der Waals surface area contributed by atoms with Crippen molar-refractivity contribution >= 4 is 0 Å². The number of hydrogen-bond donors (Lipinski definition) is 1. The van der Waals surface area contributed by atoms with Crippen LogP contribution in [0.4, 0.5) is 4.53 Å². The highest BCUT2D eigenvalue weighted by molar-refractivity contribution is 4.82. The molecule has 0 aliphatic carbocycles. The highest BCUT2D eigenvalue weighted by Crippen LogP contribution is 2.15. The number of likely N-dealkylation sites (N-methyl/N-ethyl adjacent to an activating group) is 1. The summed E-state index contributed by atoms with van der Waals surface area (Å²) in [4.78, 5) is 5.41. The lowest BCUT2D eigenvalue weighted by atomic mass is 10.2. The van der Waals surface area contributed by atoms with Gasteiger partial charge in [0.05, 0.1) is 19.3 Å². The first-order chi connectivity index (χ1) is 6.24. The zero-order valence-corrected chi connectivity index (χ0v) is 7.78. The van der Waals surface area contributed by atoms with Gasteiger partial charge in [0, 0.05) is 12.6 Å². The van der Waals surface area contributed by atoms with E-state index in [1.165, 1.54) is 0 Å². The maximum absolute atomic E-state index is 11.2. The lowest BCUT2D eigenvalue weighted by Crippen LogP contribution is -2.29. The SMILES string of the molecule is CN1CC(O)CC1COCCOF. The van der Waals surface area contributed by atoms with Crippen molar-refractivity contribution in [2.75, 3.05) is 33.4 Å². The Morgan fingerprint density at radius 1 is 1.54 bits per heavy atom. The third-order valence-electron chi connectivity index (χ3n) is 2.28. The second-order valence-electron chi connectivity index (χ2n) is 3.37. The molecular weight excluding hydrogens is 177 g/mol. The summed E-state index contributed by atoms with van der Waals surface area (Å²) in [7, 11) is 1.94. The molecule has 0 amide bonds. The fraction of sp³-hybridized carbons (Fsp3) is 1.00. The molecule has 0 aromatic carbocycles. The normalized spacial score (nSPS) is 29.8. The third kappa shape index (κ3) is 3.56. The molecule has 2 atom stereocenters. The molecule has 0 aromatic heterocycles. The minimum absolute atomic E-state index is 0.0288. The van der Waals surface area contributed by atoms with Gasteiger partial charge in [0.1, 0.15) is 6.61 Å². The Balaban J connectivity index is 2.07. The fourth-order valence-electron chi connectivity index (χ4n) is 1.56. The Labute approximate surface area is 77.1 Å². The monoisotopic (exact) mass is 193 g/mol. The molecule has 13 heavy (non-hydrogen) atoms. The third-order valence-corrected chi connectivity index (χ3v) is 2.28. The van der Waals surface area contributed by atoms with E-state index in [0.29, 0.717) is 13.2 Å². The molecule has 1 saturated heterocycles. The Hall–Kier alpha value is -0.230. The lowest BCUT2D eigenvalue weighted by Gasteiger charge is -2.18. The summed E-state index contributed by atoms with van der Waals surface area (Å²) in [6.07, 6.45) is 0.475. The van der Waals surface area contributed by atoms with Crippen LogP contribution in [-0.2, 0) is 9.68 Å². The average Bonchev–Trinajstić information content (AvgIpc) is 2.39. The predicted octanol–water partition coefficient (Wildman–Crippen LogP) is -0.0309. The predicted molar refractivity (Wildman–Crippen MR) is 44.9 cm³/mol. The van der Waals surface area contributed by atoms with Crippen LogP contribution >= 0.6 is 0 Å². The molecule has 1 fully saturated rings. The lowest BCUT2D eigenvalue weighted by molar-refractivity contribution is -0.147. The van der Waals surface area contributed by atoms with Gasteiger partial charge in [0.15, 0.2) is 0 Å². The standard InChI is InChI=1S/C8H16FNO3/c1-10-5-8(11)4-7(10)6-12-2-3-13-9/h7-8,11H,2-6H2,1H3. The smallest absolute Gasteiger partial charge is 0.111 e. The zero-order chi connectivity index (χ0) is 9.68. The number of hydrogen-bond acceptors (Lipinski definition) is 4. The zero-order valence-electron chi connectivity index (χ0n) is 7.78. The van der Waals surface area contributed by atoms with Crippen molar-refractivity contribution in [2.24, 2.45) is 0 Å². The van der Waals surface area contributed by atoms with E-state index in [-0.39, 0.29) is 25.4 Å². The summed E-state index contributed by atoms with van der Waals surface area (Å²) in [5.74, 6) is 0. The summed E-state index contributed by atoms with van der Waals surface area (Å²) in [6, 6.07) is 0.245. The highest BCUT2D eigenvalue weighted by atomic mass is 19.3. The number of likely N-dealkylation sites (tertiary alicyclic amines) is 1. The molecule has 0 bridgehead atoms. The fourth-order valence-corrected chi connectivity index (χ4v) is 1.56. The van der Waals surface area contributed by atoms with Gasteiger partial charge in [-0.05, 0) is 18.0 Å². The van der Waals surface area contributed by atoms with Crippen molar-refractivity contribution in [1.29, 1.82) is 0 Å². The number of rotatable bonds is 5. The molecule has 1 aliphatic rings. The number of nitrogens with zero attached hydrogens (tertiary/aromatic N) is 1. The van der Waals surface area contributed by atoms with Crippen LogP contribution in [0.25, 0.3) is 0 Å². The number of aliphatic hydroxyl groups is 1. The van der Waals surface area contributed by atoms with Crippen molar-refractivity contribution in [3.63, 3.8) is 0 Å². The molecule has 5 heteroatoms. The van der Waals surface area contributed by atoms with Gasteiger partial charge in [-0.25, -0.2) is 0 Å². The summed E-state index contributed by atoms with van der Waals surface area (Å²) in [6.45, 7) is 1.44. The first kappa shape index (κ1) is 10.8. The summed E-state index contributed by atoms with van der Waals surface area (Å²) in [5.41, 5.74) is 0. The van der Waals surface area contributed by atoms with E-state index in [9.17, 15) is 9.63 Å². The van der Waals surface area contributed by atoms with E-state index >= 15 is 0 Å². The van der Waals surface area contributed by atoms with Crippen molar-refractivity contribution in [3.8, 4) is 0 Å². The summed E-state index contributed by atoms with van der Waals surface area (Å²) >= 11 is 0. The molecule has 4 nitrogen and oxygen atoms in total. The second kappa shape index (κ2) is 5.49. The van der Waals surface area contributed by atoms with Crippen LogP contribution in [0.3, 0.4) is 0 Å². The van der Waals surface area contributed by atoms with E-state index in [0.717, 1.165) is 6.42 Å². The average molecular weight is 193 g/mol. The number of halogens is 1. The van der Waals surface area contributed by atoms with Crippen molar-refractivity contribution in [2.45, 2.75) is 18.6 Å².